The van der Waals surface area contributed by atoms with Crippen molar-refractivity contribution in [2.75, 3.05) is 0 Å². The van der Waals surface area contributed by atoms with E-state index < -0.39 is 0 Å². The maximum absolute atomic E-state index is 6.89. The summed E-state index contributed by atoms with van der Waals surface area (Å²) in [5.41, 5.74) is 3.20. The zero-order valence-corrected chi connectivity index (χ0v) is 13.3. The van der Waals surface area contributed by atoms with E-state index in [4.69, 9.17) is 11.6 Å². The van der Waals surface area contributed by atoms with Crippen LogP contribution in [-0.4, -0.2) is 5.38 Å². The fraction of sp³-hybridized carbons (Fsp3) is 0.667. The van der Waals surface area contributed by atoms with Crippen molar-refractivity contribution in [2.45, 2.75) is 64.7 Å². The van der Waals surface area contributed by atoms with Crippen LogP contribution in [-0.2, 0) is 6.42 Å². The van der Waals surface area contributed by atoms with Crippen LogP contribution in [0, 0.1) is 18.3 Å². The molecule has 1 atom stereocenters. The van der Waals surface area contributed by atoms with Gasteiger partial charge in [-0.2, -0.15) is 0 Å². The van der Waals surface area contributed by atoms with Crippen LogP contribution in [0.3, 0.4) is 0 Å². The molecule has 1 fully saturated rings. The minimum atomic E-state index is 0.290. The summed E-state index contributed by atoms with van der Waals surface area (Å²) in [6.45, 7) is 6.86. The smallest absolute Gasteiger partial charge is 0.0432 e. The van der Waals surface area contributed by atoms with Gasteiger partial charge in [0.25, 0.3) is 0 Å². The molecule has 0 radical (unpaired) electrons. The standard InChI is InChI=1S/C18H27Cl/c1-14(2)13-18(10-6-7-11-18)17(19)12-16-9-5-4-8-15(16)3/h4-5,8-9,14,17H,6-7,10-13H2,1-3H3. The molecule has 1 aromatic carbocycles. The molecule has 2 rings (SSSR count). The van der Waals surface area contributed by atoms with Crippen LogP contribution in [0.4, 0.5) is 0 Å². The Bertz CT molecular complexity index is 402. The van der Waals surface area contributed by atoms with Crippen molar-refractivity contribution in [1.82, 2.24) is 0 Å². The average molecular weight is 279 g/mol. The lowest BCUT2D eigenvalue weighted by Crippen LogP contribution is -2.32. The second-order valence-electron chi connectivity index (χ2n) is 6.77. The molecule has 0 aromatic heterocycles. The molecule has 1 aliphatic rings. The first-order valence-corrected chi connectivity index (χ1v) is 8.16. The van der Waals surface area contributed by atoms with Crippen molar-refractivity contribution in [3.05, 3.63) is 35.4 Å². The Morgan fingerprint density at radius 2 is 1.79 bits per heavy atom. The summed E-state index contributed by atoms with van der Waals surface area (Å²) in [6.07, 6.45) is 7.69. The fourth-order valence-electron chi connectivity index (χ4n) is 3.79. The minimum absolute atomic E-state index is 0.290. The van der Waals surface area contributed by atoms with E-state index in [1.807, 2.05) is 0 Å². The fourth-order valence-corrected chi connectivity index (χ4v) is 4.26. The molecule has 0 heterocycles. The number of halogens is 1. The number of alkyl halides is 1. The predicted octanol–water partition coefficient (Wildman–Crippen LogP) is 5.75. The lowest BCUT2D eigenvalue weighted by atomic mass is 9.74. The average Bonchev–Trinajstić information content (AvgIpc) is 2.81. The largest absolute Gasteiger partial charge is 0.122 e. The van der Waals surface area contributed by atoms with Gasteiger partial charge in [-0.05, 0) is 55.1 Å². The van der Waals surface area contributed by atoms with Crippen LogP contribution in [0.25, 0.3) is 0 Å². The maximum Gasteiger partial charge on any atom is 0.0432 e. The van der Waals surface area contributed by atoms with E-state index in [1.54, 1.807) is 0 Å². The summed E-state index contributed by atoms with van der Waals surface area (Å²) in [5, 5.41) is 0.290. The lowest BCUT2D eigenvalue weighted by molar-refractivity contribution is 0.221. The quantitative estimate of drug-likeness (QED) is 0.602. The van der Waals surface area contributed by atoms with Gasteiger partial charge >= 0.3 is 0 Å². The van der Waals surface area contributed by atoms with Crippen molar-refractivity contribution in [3.63, 3.8) is 0 Å². The molecule has 0 nitrogen and oxygen atoms in total. The van der Waals surface area contributed by atoms with Crippen LogP contribution in [0.1, 0.15) is 57.1 Å². The third kappa shape index (κ3) is 3.54. The summed E-state index contributed by atoms with van der Waals surface area (Å²) >= 11 is 6.89. The zero-order valence-electron chi connectivity index (χ0n) is 12.6. The Labute approximate surface area is 123 Å². The molecule has 19 heavy (non-hydrogen) atoms. The van der Waals surface area contributed by atoms with E-state index in [0.717, 1.165) is 12.3 Å². The van der Waals surface area contributed by atoms with E-state index >= 15 is 0 Å². The third-order valence-corrected chi connectivity index (χ3v) is 5.36. The maximum atomic E-state index is 6.89. The van der Waals surface area contributed by atoms with Crippen molar-refractivity contribution < 1.29 is 0 Å². The van der Waals surface area contributed by atoms with Gasteiger partial charge in [-0.15, -0.1) is 11.6 Å². The Morgan fingerprint density at radius 3 is 2.37 bits per heavy atom. The van der Waals surface area contributed by atoms with Crippen LogP contribution in [0.15, 0.2) is 24.3 Å². The number of benzene rings is 1. The van der Waals surface area contributed by atoms with E-state index in [-0.39, 0.29) is 0 Å². The van der Waals surface area contributed by atoms with Gasteiger partial charge in [-0.3, -0.25) is 0 Å². The number of aryl methyl sites for hydroxylation is 1. The second-order valence-corrected chi connectivity index (χ2v) is 7.29. The lowest BCUT2D eigenvalue weighted by Gasteiger charge is -2.36. The van der Waals surface area contributed by atoms with Gasteiger partial charge in [-0.1, -0.05) is 51.0 Å². The minimum Gasteiger partial charge on any atom is -0.122 e. The molecule has 0 amide bonds. The van der Waals surface area contributed by atoms with Crippen molar-refractivity contribution in [2.24, 2.45) is 11.3 Å². The highest BCUT2D eigenvalue weighted by atomic mass is 35.5. The molecule has 1 unspecified atom stereocenters. The van der Waals surface area contributed by atoms with E-state index in [9.17, 15) is 0 Å². The highest BCUT2D eigenvalue weighted by Gasteiger charge is 2.40. The molecular weight excluding hydrogens is 252 g/mol. The van der Waals surface area contributed by atoms with Crippen LogP contribution >= 0.6 is 11.6 Å². The summed E-state index contributed by atoms with van der Waals surface area (Å²) in [4.78, 5) is 0. The first-order chi connectivity index (χ1) is 9.03. The summed E-state index contributed by atoms with van der Waals surface area (Å²) in [5.74, 6) is 0.747. The molecule has 0 aliphatic heterocycles. The molecule has 0 N–H and O–H groups in total. The van der Waals surface area contributed by atoms with Crippen molar-refractivity contribution in [3.8, 4) is 0 Å². The molecule has 1 heteroatoms. The zero-order chi connectivity index (χ0) is 13.9. The van der Waals surface area contributed by atoms with Gasteiger partial charge in [0.15, 0.2) is 0 Å². The molecule has 0 bridgehead atoms. The predicted molar refractivity (Wildman–Crippen MR) is 84.9 cm³/mol. The third-order valence-electron chi connectivity index (χ3n) is 4.74. The molecule has 1 aromatic rings. The molecule has 106 valence electrons. The van der Waals surface area contributed by atoms with E-state index in [2.05, 4.69) is 45.0 Å². The molecule has 1 saturated carbocycles. The highest BCUT2D eigenvalue weighted by Crippen LogP contribution is 2.48. The van der Waals surface area contributed by atoms with Crippen LogP contribution in [0.2, 0.25) is 0 Å². The first kappa shape index (κ1) is 14.9. The summed E-state index contributed by atoms with van der Waals surface area (Å²) in [6, 6.07) is 8.68. The normalized spacial score (nSPS) is 19.8. The van der Waals surface area contributed by atoms with Gasteiger partial charge < -0.3 is 0 Å². The van der Waals surface area contributed by atoms with E-state index in [1.165, 1.54) is 43.2 Å². The number of hydrogen-bond donors (Lipinski definition) is 0. The molecule has 1 aliphatic carbocycles. The molecule has 0 spiro atoms. The van der Waals surface area contributed by atoms with Gasteiger partial charge in [-0.25, -0.2) is 0 Å². The number of rotatable bonds is 5. The highest BCUT2D eigenvalue weighted by molar-refractivity contribution is 6.21. The van der Waals surface area contributed by atoms with Gasteiger partial charge in [0.1, 0.15) is 0 Å². The van der Waals surface area contributed by atoms with Gasteiger partial charge in [0.05, 0.1) is 0 Å². The Kier molecular flexibility index (Phi) is 4.95. The van der Waals surface area contributed by atoms with Crippen molar-refractivity contribution >= 4 is 11.6 Å². The van der Waals surface area contributed by atoms with Gasteiger partial charge in [0.2, 0.25) is 0 Å². The number of hydrogen-bond acceptors (Lipinski definition) is 0. The van der Waals surface area contributed by atoms with Crippen molar-refractivity contribution in [1.29, 1.82) is 0 Å². The second kappa shape index (κ2) is 6.31. The first-order valence-electron chi connectivity index (χ1n) is 7.72. The summed E-state index contributed by atoms with van der Waals surface area (Å²) in [7, 11) is 0. The SMILES string of the molecule is Cc1ccccc1CC(Cl)C1(CC(C)C)CCCC1. The summed E-state index contributed by atoms with van der Waals surface area (Å²) < 4.78 is 0. The molecular formula is C18H27Cl. The Morgan fingerprint density at radius 1 is 1.16 bits per heavy atom. The van der Waals surface area contributed by atoms with Crippen LogP contribution < -0.4 is 0 Å². The Balaban J connectivity index is 2.12. The topological polar surface area (TPSA) is 0 Å². The van der Waals surface area contributed by atoms with Gasteiger partial charge in [0, 0.05) is 5.38 Å². The molecule has 0 saturated heterocycles. The van der Waals surface area contributed by atoms with Crippen LogP contribution in [0.5, 0.6) is 0 Å². The Hall–Kier alpha value is -0.490. The monoisotopic (exact) mass is 278 g/mol. The van der Waals surface area contributed by atoms with E-state index in [0.29, 0.717) is 10.8 Å².